The van der Waals surface area contributed by atoms with Crippen LogP contribution in [0.15, 0.2) is 24.4 Å². The normalized spacial score (nSPS) is 22.0. The predicted octanol–water partition coefficient (Wildman–Crippen LogP) is 4.79. The van der Waals surface area contributed by atoms with Crippen LogP contribution in [0.1, 0.15) is 37.8 Å². The summed E-state index contributed by atoms with van der Waals surface area (Å²) in [6.07, 6.45) is 0.147. The summed E-state index contributed by atoms with van der Waals surface area (Å²) in [5, 5.41) is 8.50. The van der Waals surface area contributed by atoms with Gasteiger partial charge in [0, 0.05) is 49.7 Å². The summed E-state index contributed by atoms with van der Waals surface area (Å²) >= 11 is 6.63. The summed E-state index contributed by atoms with van der Waals surface area (Å²) in [5.74, 6) is 0.331. The second-order valence-electron chi connectivity index (χ2n) is 10.6. The van der Waals surface area contributed by atoms with Crippen molar-refractivity contribution >= 4 is 34.1 Å². The minimum absolute atomic E-state index is 0.0159. The lowest BCUT2D eigenvalue weighted by atomic mass is 9.85. The summed E-state index contributed by atoms with van der Waals surface area (Å²) in [5.41, 5.74) is 1.70. The lowest BCUT2D eigenvalue weighted by Crippen LogP contribution is -2.49. The van der Waals surface area contributed by atoms with E-state index in [1.54, 1.807) is 11.1 Å². The van der Waals surface area contributed by atoms with Gasteiger partial charge in [-0.2, -0.15) is 13.2 Å². The molecule has 1 saturated heterocycles. The number of carbonyl (C=O) groups excluding carboxylic acids is 1. The molecule has 38 heavy (non-hydrogen) atoms. The first kappa shape index (κ1) is 25.2. The van der Waals surface area contributed by atoms with Gasteiger partial charge in [0.2, 0.25) is 11.7 Å². The predicted molar refractivity (Wildman–Crippen MR) is 135 cm³/mol. The number of anilines is 1. The Balaban J connectivity index is 1.15. The molecule has 12 heteroatoms. The first-order valence-electron chi connectivity index (χ1n) is 12.9. The molecular formula is C26H28ClF3N6O2. The Morgan fingerprint density at radius 3 is 2.71 bits per heavy atom. The molecule has 0 spiro atoms. The summed E-state index contributed by atoms with van der Waals surface area (Å²) in [7, 11) is 0. The maximum absolute atomic E-state index is 13.4. The monoisotopic (exact) mass is 548 g/mol. The number of piperidine rings is 1. The van der Waals surface area contributed by atoms with Crippen molar-refractivity contribution in [1.29, 1.82) is 0 Å². The summed E-state index contributed by atoms with van der Waals surface area (Å²) < 4.78 is 46.5. The molecule has 0 unspecified atom stereocenters. The molecule has 1 aliphatic carbocycles. The molecule has 4 heterocycles. The largest absolute Gasteiger partial charge is 0.493 e. The summed E-state index contributed by atoms with van der Waals surface area (Å²) in [6.45, 7) is 4.26. The van der Waals surface area contributed by atoms with Crippen molar-refractivity contribution in [2.45, 2.75) is 45.5 Å². The van der Waals surface area contributed by atoms with Gasteiger partial charge >= 0.3 is 6.18 Å². The Labute approximate surface area is 222 Å². The van der Waals surface area contributed by atoms with E-state index in [0.717, 1.165) is 33.5 Å². The minimum atomic E-state index is -4.57. The number of amides is 1. The Hall–Kier alpha value is -3.08. The molecule has 2 fully saturated rings. The van der Waals surface area contributed by atoms with E-state index in [0.29, 0.717) is 30.5 Å². The third kappa shape index (κ3) is 4.76. The van der Waals surface area contributed by atoms with E-state index in [-0.39, 0.29) is 43.2 Å². The molecule has 2 atom stereocenters. The molecule has 8 nitrogen and oxygen atoms in total. The van der Waals surface area contributed by atoms with E-state index in [1.807, 2.05) is 25.1 Å². The Morgan fingerprint density at radius 2 is 1.97 bits per heavy atom. The summed E-state index contributed by atoms with van der Waals surface area (Å²) in [4.78, 5) is 21.8. The van der Waals surface area contributed by atoms with Crippen LogP contribution in [0.3, 0.4) is 0 Å². The molecule has 6 rings (SSSR count). The van der Waals surface area contributed by atoms with Gasteiger partial charge in [0.25, 0.3) is 0 Å². The smallest absolute Gasteiger partial charge is 0.451 e. The van der Waals surface area contributed by atoms with Crippen molar-refractivity contribution in [1.82, 2.24) is 24.6 Å². The Kier molecular flexibility index (Phi) is 6.36. The number of halogens is 4. The van der Waals surface area contributed by atoms with E-state index < -0.39 is 12.0 Å². The van der Waals surface area contributed by atoms with Gasteiger partial charge in [-0.3, -0.25) is 9.78 Å². The molecular weight excluding hydrogens is 521 g/mol. The zero-order chi connectivity index (χ0) is 26.6. The molecule has 1 saturated carbocycles. The van der Waals surface area contributed by atoms with E-state index in [1.165, 1.54) is 12.8 Å². The molecule has 1 aromatic carbocycles. The highest BCUT2D eigenvalue weighted by atomic mass is 35.5. The number of alkyl halides is 3. The Bertz CT molecular complexity index is 1380. The number of hydrogen-bond acceptors (Lipinski definition) is 6. The first-order valence-corrected chi connectivity index (χ1v) is 13.3. The lowest BCUT2D eigenvalue weighted by Gasteiger charge is -2.40. The van der Waals surface area contributed by atoms with Crippen molar-refractivity contribution in [3.05, 3.63) is 41.1 Å². The standard InChI is InChI=1S/C26H28ClF3N6O2/c1-15-12-34(23-19-5-4-17(38-14-16-2-3-16)10-21(19)31-11-20(23)27)7-6-18(15)24(37)35-8-9-36-22(13-35)32-33-25(36)26(28,29)30/h4-5,10-11,15-16,18H,2-3,6-9,12-14H2,1H3/t15-,18+/m1/s1. The third-order valence-electron chi connectivity index (χ3n) is 7.81. The van der Waals surface area contributed by atoms with Crippen LogP contribution in [0, 0.1) is 17.8 Å². The van der Waals surface area contributed by atoms with Crippen molar-refractivity contribution in [2.24, 2.45) is 17.8 Å². The van der Waals surface area contributed by atoms with Gasteiger partial charge in [-0.15, -0.1) is 10.2 Å². The number of carbonyl (C=O) groups is 1. The van der Waals surface area contributed by atoms with E-state index in [4.69, 9.17) is 16.3 Å². The second-order valence-corrected chi connectivity index (χ2v) is 11.0. The highest BCUT2D eigenvalue weighted by Gasteiger charge is 2.41. The van der Waals surface area contributed by atoms with Gasteiger partial charge in [-0.1, -0.05) is 18.5 Å². The van der Waals surface area contributed by atoms with E-state index in [2.05, 4.69) is 20.1 Å². The fourth-order valence-electron chi connectivity index (χ4n) is 5.55. The quantitative estimate of drug-likeness (QED) is 0.456. The van der Waals surface area contributed by atoms with Crippen LogP contribution in [0.2, 0.25) is 5.02 Å². The van der Waals surface area contributed by atoms with Crippen LogP contribution in [0.5, 0.6) is 5.75 Å². The zero-order valence-corrected chi connectivity index (χ0v) is 21.7. The van der Waals surface area contributed by atoms with Crippen LogP contribution in [-0.4, -0.2) is 56.8 Å². The summed E-state index contributed by atoms with van der Waals surface area (Å²) in [6, 6.07) is 5.88. The molecule has 1 amide bonds. The van der Waals surface area contributed by atoms with Gasteiger partial charge in [0.15, 0.2) is 5.82 Å². The van der Waals surface area contributed by atoms with E-state index in [9.17, 15) is 18.0 Å². The molecule has 202 valence electrons. The number of ether oxygens (including phenoxy) is 1. The van der Waals surface area contributed by atoms with Gasteiger partial charge in [-0.25, -0.2) is 0 Å². The molecule has 3 aliphatic rings. The topological polar surface area (TPSA) is 76.4 Å². The fourth-order valence-corrected chi connectivity index (χ4v) is 5.82. The van der Waals surface area contributed by atoms with Gasteiger partial charge in [0.05, 0.1) is 29.4 Å². The first-order chi connectivity index (χ1) is 18.2. The SMILES string of the molecule is C[C@@H]1CN(c2c(Cl)cnc3cc(OCC4CC4)ccc23)CC[C@@H]1C(=O)N1CCn2c(nnc2C(F)(F)F)C1. The molecule has 0 N–H and O–H groups in total. The molecule has 0 radical (unpaired) electrons. The van der Waals surface area contributed by atoms with Crippen LogP contribution in [-0.2, 0) is 24.1 Å². The highest BCUT2D eigenvalue weighted by Crippen LogP contribution is 2.39. The van der Waals surface area contributed by atoms with Crippen molar-refractivity contribution in [2.75, 3.05) is 31.1 Å². The number of aromatic nitrogens is 4. The van der Waals surface area contributed by atoms with Gasteiger partial charge < -0.3 is 19.1 Å². The highest BCUT2D eigenvalue weighted by molar-refractivity contribution is 6.34. The number of hydrogen-bond donors (Lipinski definition) is 0. The fraction of sp³-hybridized carbons (Fsp3) is 0.538. The third-order valence-corrected chi connectivity index (χ3v) is 8.08. The average Bonchev–Trinajstić information content (AvgIpc) is 3.62. The second kappa shape index (κ2) is 9.59. The molecule has 2 aromatic heterocycles. The number of benzene rings is 1. The number of rotatable bonds is 5. The average molecular weight is 549 g/mol. The van der Waals surface area contributed by atoms with Gasteiger partial charge in [-0.05, 0) is 43.2 Å². The van der Waals surface area contributed by atoms with Crippen LogP contribution in [0.25, 0.3) is 10.9 Å². The maximum Gasteiger partial charge on any atom is 0.451 e. The van der Waals surface area contributed by atoms with Gasteiger partial charge in [0.1, 0.15) is 5.75 Å². The van der Waals surface area contributed by atoms with Crippen molar-refractivity contribution in [3.63, 3.8) is 0 Å². The number of nitrogens with zero attached hydrogens (tertiary/aromatic N) is 6. The van der Waals surface area contributed by atoms with Crippen molar-refractivity contribution < 1.29 is 22.7 Å². The molecule has 3 aromatic rings. The van der Waals surface area contributed by atoms with Crippen LogP contribution in [0.4, 0.5) is 18.9 Å². The minimum Gasteiger partial charge on any atom is -0.493 e. The number of pyridine rings is 1. The maximum atomic E-state index is 13.4. The van der Waals surface area contributed by atoms with E-state index >= 15 is 0 Å². The Morgan fingerprint density at radius 1 is 1.16 bits per heavy atom. The van der Waals surface area contributed by atoms with Crippen LogP contribution >= 0.6 is 11.6 Å². The van der Waals surface area contributed by atoms with Crippen LogP contribution < -0.4 is 9.64 Å². The number of fused-ring (bicyclic) bond motifs is 2. The van der Waals surface area contributed by atoms with Crippen molar-refractivity contribution in [3.8, 4) is 5.75 Å². The zero-order valence-electron chi connectivity index (χ0n) is 20.9. The lowest BCUT2D eigenvalue weighted by molar-refractivity contribution is -0.148. The molecule has 0 bridgehead atoms. The molecule has 2 aliphatic heterocycles.